The molecule has 0 saturated heterocycles. The minimum atomic E-state index is -1.03. The normalized spacial score (nSPS) is 13.8. The van der Waals surface area contributed by atoms with E-state index in [0.29, 0.717) is 17.3 Å². The number of nitrogens with zero attached hydrogens (tertiary/aromatic N) is 4. The summed E-state index contributed by atoms with van der Waals surface area (Å²) < 4.78 is 0. The van der Waals surface area contributed by atoms with Gasteiger partial charge in [-0.1, -0.05) is 17.7 Å². The highest BCUT2D eigenvalue weighted by Gasteiger charge is 2.23. The number of aromatic nitrogens is 3. The largest absolute Gasteiger partial charge is 0.387 e. The summed E-state index contributed by atoms with van der Waals surface area (Å²) in [6, 6.07) is 7.01. The Morgan fingerprint density at radius 2 is 2.22 bits per heavy atom. The molecule has 124 valence electrons. The number of nitrogens with one attached hydrogen (secondary N) is 1. The molecule has 2 N–H and O–H groups in total. The Morgan fingerprint density at radius 3 is 2.87 bits per heavy atom. The molecule has 1 aromatic heterocycles. The Labute approximate surface area is 139 Å². The number of halogens is 1. The third kappa shape index (κ3) is 5.02. The van der Waals surface area contributed by atoms with Crippen LogP contribution in [-0.2, 0) is 0 Å². The lowest BCUT2D eigenvalue weighted by Gasteiger charge is -2.26. The highest BCUT2D eigenvalue weighted by molar-refractivity contribution is 6.30. The second kappa shape index (κ2) is 7.08. The standard InChI is InChI=1S/C15H20ClN5O2/c1-15(23,10-20(2)3)9-17-14(22)13-8-18-21(19-13)12-6-4-5-11(16)7-12/h4-8,23H,9-10H2,1-3H3,(H,17,22). The first-order valence-electron chi connectivity index (χ1n) is 7.10. The number of benzene rings is 1. The Balaban J connectivity index is 2.01. The van der Waals surface area contributed by atoms with Crippen molar-refractivity contribution in [3.8, 4) is 5.69 Å². The van der Waals surface area contributed by atoms with Crippen LogP contribution < -0.4 is 5.32 Å². The fraction of sp³-hybridized carbons (Fsp3) is 0.400. The molecular formula is C15H20ClN5O2. The van der Waals surface area contributed by atoms with E-state index < -0.39 is 11.5 Å². The molecule has 0 spiro atoms. The number of hydrogen-bond donors (Lipinski definition) is 2. The second-order valence-electron chi connectivity index (χ2n) is 5.92. The summed E-state index contributed by atoms with van der Waals surface area (Å²) in [6.07, 6.45) is 1.37. The van der Waals surface area contributed by atoms with Crippen LogP contribution in [0.1, 0.15) is 17.4 Å². The van der Waals surface area contributed by atoms with Crippen molar-refractivity contribution in [1.29, 1.82) is 0 Å². The molecule has 0 aliphatic carbocycles. The average molecular weight is 338 g/mol. The molecule has 0 saturated carbocycles. The molecule has 0 aliphatic rings. The van der Waals surface area contributed by atoms with Crippen LogP contribution in [0.5, 0.6) is 0 Å². The van der Waals surface area contributed by atoms with E-state index in [1.807, 2.05) is 19.0 Å². The minimum Gasteiger partial charge on any atom is -0.387 e. The molecule has 2 rings (SSSR count). The Hall–Kier alpha value is -1.96. The predicted octanol–water partition coefficient (Wildman–Crippen LogP) is 0.963. The maximum atomic E-state index is 12.1. The number of rotatable bonds is 6. The predicted molar refractivity (Wildman–Crippen MR) is 87.9 cm³/mol. The van der Waals surface area contributed by atoms with Crippen LogP contribution in [0.25, 0.3) is 5.69 Å². The van der Waals surface area contributed by atoms with Crippen LogP contribution in [0.2, 0.25) is 5.02 Å². The molecule has 8 heteroatoms. The molecule has 0 bridgehead atoms. The molecule has 1 atom stereocenters. The monoisotopic (exact) mass is 337 g/mol. The molecule has 1 heterocycles. The quantitative estimate of drug-likeness (QED) is 0.820. The fourth-order valence-electron chi connectivity index (χ4n) is 2.19. The lowest BCUT2D eigenvalue weighted by molar-refractivity contribution is 0.0325. The Bertz CT molecular complexity index is 684. The molecule has 0 fully saturated rings. The molecule has 0 aliphatic heterocycles. The van der Waals surface area contributed by atoms with Crippen molar-refractivity contribution < 1.29 is 9.90 Å². The van der Waals surface area contributed by atoms with E-state index in [0.717, 1.165) is 0 Å². The van der Waals surface area contributed by atoms with E-state index in [-0.39, 0.29) is 12.2 Å². The van der Waals surface area contributed by atoms with Crippen LogP contribution in [0, 0.1) is 0 Å². The van der Waals surface area contributed by atoms with E-state index >= 15 is 0 Å². The van der Waals surface area contributed by atoms with Crippen molar-refractivity contribution in [2.75, 3.05) is 27.2 Å². The second-order valence-corrected chi connectivity index (χ2v) is 6.35. The van der Waals surface area contributed by atoms with Crippen molar-refractivity contribution in [2.24, 2.45) is 0 Å². The molecule has 0 radical (unpaired) electrons. The van der Waals surface area contributed by atoms with Gasteiger partial charge in [0.05, 0.1) is 17.5 Å². The van der Waals surface area contributed by atoms with E-state index in [1.165, 1.54) is 11.0 Å². The lowest BCUT2D eigenvalue weighted by atomic mass is 10.1. The van der Waals surface area contributed by atoms with Gasteiger partial charge in [0.25, 0.3) is 5.91 Å². The number of carbonyl (C=O) groups is 1. The molecule has 1 aromatic carbocycles. The van der Waals surface area contributed by atoms with Crippen LogP contribution >= 0.6 is 11.6 Å². The summed E-state index contributed by atoms with van der Waals surface area (Å²) >= 11 is 5.93. The summed E-state index contributed by atoms with van der Waals surface area (Å²) in [7, 11) is 3.71. The summed E-state index contributed by atoms with van der Waals surface area (Å²) in [6.45, 7) is 2.21. The first-order chi connectivity index (χ1) is 10.8. The molecule has 2 aromatic rings. The number of carbonyl (C=O) groups excluding carboxylic acids is 1. The zero-order valence-corrected chi connectivity index (χ0v) is 14.1. The van der Waals surface area contributed by atoms with E-state index in [9.17, 15) is 9.90 Å². The molecule has 7 nitrogen and oxygen atoms in total. The number of likely N-dealkylation sites (N-methyl/N-ethyl adjacent to an activating group) is 1. The summed E-state index contributed by atoms with van der Waals surface area (Å²) in [5.74, 6) is -0.391. The number of amides is 1. The smallest absolute Gasteiger partial charge is 0.273 e. The summed E-state index contributed by atoms with van der Waals surface area (Å²) in [5.41, 5.74) is -0.191. The van der Waals surface area contributed by atoms with Gasteiger partial charge in [-0.25, -0.2) is 0 Å². The van der Waals surface area contributed by atoms with Gasteiger partial charge >= 0.3 is 0 Å². The van der Waals surface area contributed by atoms with Crippen molar-refractivity contribution in [3.63, 3.8) is 0 Å². The van der Waals surface area contributed by atoms with E-state index in [4.69, 9.17) is 11.6 Å². The van der Waals surface area contributed by atoms with Crippen LogP contribution in [-0.4, -0.2) is 63.7 Å². The van der Waals surface area contributed by atoms with Crippen molar-refractivity contribution in [2.45, 2.75) is 12.5 Å². The molecule has 1 unspecified atom stereocenters. The third-order valence-corrected chi connectivity index (χ3v) is 3.29. The van der Waals surface area contributed by atoms with E-state index in [2.05, 4.69) is 15.5 Å². The van der Waals surface area contributed by atoms with Crippen LogP contribution in [0.15, 0.2) is 30.5 Å². The van der Waals surface area contributed by atoms with Gasteiger partial charge in [-0.2, -0.15) is 9.90 Å². The van der Waals surface area contributed by atoms with Crippen molar-refractivity contribution in [3.05, 3.63) is 41.2 Å². The molecular weight excluding hydrogens is 318 g/mol. The van der Waals surface area contributed by atoms with Gasteiger partial charge in [0.15, 0.2) is 5.69 Å². The maximum Gasteiger partial charge on any atom is 0.273 e. The fourth-order valence-corrected chi connectivity index (χ4v) is 2.37. The van der Waals surface area contributed by atoms with Crippen molar-refractivity contribution >= 4 is 17.5 Å². The first-order valence-corrected chi connectivity index (χ1v) is 7.48. The van der Waals surface area contributed by atoms with Crippen LogP contribution in [0.3, 0.4) is 0 Å². The zero-order chi connectivity index (χ0) is 17.0. The third-order valence-electron chi connectivity index (χ3n) is 3.05. The van der Waals surface area contributed by atoms with Crippen LogP contribution in [0.4, 0.5) is 0 Å². The Kier molecular flexibility index (Phi) is 5.35. The topological polar surface area (TPSA) is 83.3 Å². The molecule has 1 amide bonds. The number of hydrogen-bond acceptors (Lipinski definition) is 5. The maximum absolute atomic E-state index is 12.1. The van der Waals surface area contributed by atoms with Gasteiger partial charge in [0.2, 0.25) is 0 Å². The number of aliphatic hydroxyl groups is 1. The van der Waals surface area contributed by atoms with Gasteiger partial charge < -0.3 is 15.3 Å². The highest BCUT2D eigenvalue weighted by Crippen LogP contribution is 2.13. The van der Waals surface area contributed by atoms with Gasteiger partial charge in [-0.3, -0.25) is 4.79 Å². The average Bonchev–Trinajstić information content (AvgIpc) is 2.93. The lowest BCUT2D eigenvalue weighted by Crippen LogP contribution is -2.47. The van der Waals surface area contributed by atoms with Crippen molar-refractivity contribution in [1.82, 2.24) is 25.2 Å². The molecule has 23 heavy (non-hydrogen) atoms. The zero-order valence-electron chi connectivity index (χ0n) is 13.3. The highest BCUT2D eigenvalue weighted by atomic mass is 35.5. The van der Waals surface area contributed by atoms with Gasteiger partial charge in [0.1, 0.15) is 0 Å². The Morgan fingerprint density at radius 1 is 1.48 bits per heavy atom. The van der Waals surface area contributed by atoms with E-state index in [1.54, 1.807) is 31.2 Å². The first kappa shape index (κ1) is 17.4. The van der Waals surface area contributed by atoms with Gasteiger partial charge in [-0.05, 0) is 39.2 Å². The van der Waals surface area contributed by atoms with Gasteiger partial charge in [0, 0.05) is 18.1 Å². The minimum absolute atomic E-state index is 0.119. The van der Waals surface area contributed by atoms with Gasteiger partial charge in [-0.15, -0.1) is 5.10 Å². The summed E-state index contributed by atoms with van der Waals surface area (Å²) in [4.78, 5) is 15.3. The SMILES string of the molecule is CN(C)CC(C)(O)CNC(=O)c1cnn(-c2cccc(Cl)c2)n1. The summed E-state index contributed by atoms with van der Waals surface area (Å²) in [5, 5.41) is 21.6.